The zero-order valence-electron chi connectivity index (χ0n) is 13.8. The number of hydrazine groups is 1. The van der Waals surface area contributed by atoms with Crippen molar-refractivity contribution in [3.8, 4) is 0 Å². The summed E-state index contributed by atoms with van der Waals surface area (Å²) in [5.41, 5.74) is 12.5. The highest BCUT2D eigenvalue weighted by molar-refractivity contribution is 6.69. The minimum atomic E-state index is -0.781. The van der Waals surface area contributed by atoms with Crippen LogP contribution in [-0.4, -0.2) is 24.3 Å². The summed E-state index contributed by atoms with van der Waals surface area (Å²) in [7, 11) is 0. The summed E-state index contributed by atoms with van der Waals surface area (Å²) in [6, 6.07) is 6.08. The molecule has 138 valence electrons. The molecule has 0 spiro atoms. The summed E-state index contributed by atoms with van der Waals surface area (Å²) < 4.78 is 18.4. The van der Waals surface area contributed by atoms with E-state index in [4.69, 9.17) is 33.6 Å². The average molecular weight is 372 g/mol. The second kappa shape index (κ2) is 11.4. The SMILES string of the molecule is C1CCOCC1.NNC(=O)/C(N)=C(\N)C(Cl)=NCc1ccccc1F. The molecule has 7 nitrogen and oxygen atoms in total. The van der Waals surface area contributed by atoms with Crippen LogP contribution in [0.25, 0.3) is 0 Å². The van der Waals surface area contributed by atoms with Crippen molar-refractivity contribution in [2.45, 2.75) is 25.8 Å². The molecule has 25 heavy (non-hydrogen) atoms. The fourth-order valence-electron chi connectivity index (χ4n) is 1.86. The average Bonchev–Trinajstić information content (AvgIpc) is 2.67. The van der Waals surface area contributed by atoms with Gasteiger partial charge in [0.25, 0.3) is 5.91 Å². The minimum absolute atomic E-state index is 0.0241. The highest BCUT2D eigenvalue weighted by Crippen LogP contribution is 2.09. The molecule has 1 aromatic carbocycles. The molecule has 0 aliphatic carbocycles. The van der Waals surface area contributed by atoms with Gasteiger partial charge in [-0.2, -0.15) is 0 Å². The normalized spacial score (nSPS) is 15.6. The first kappa shape index (κ1) is 20.9. The third-order valence-electron chi connectivity index (χ3n) is 3.31. The number of nitrogens with one attached hydrogen (secondary N) is 1. The smallest absolute Gasteiger partial charge is 0.283 e. The van der Waals surface area contributed by atoms with E-state index in [0.717, 1.165) is 13.2 Å². The summed E-state index contributed by atoms with van der Waals surface area (Å²) in [5, 5.41) is -0.190. The van der Waals surface area contributed by atoms with E-state index in [0.29, 0.717) is 5.56 Å². The number of hydrogen-bond donors (Lipinski definition) is 4. The van der Waals surface area contributed by atoms with Gasteiger partial charge in [0.1, 0.15) is 16.7 Å². The lowest BCUT2D eigenvalue weighted by Crippen LogP contribution is -2.36. The third-order valence-corrected chi connectivity index (χ3v) is 3.63. The maximum absolute atomic E-state index is 13.3. The lowest BCUT2D eigenvalue weighted by atomic mass is 10.2. The van der Waals surface area contributed by atoms with Gasteiger partial charge in [-0.3, -0.25) is 15.2 Å². The van der Waals surface area contributed by atoms with Crippen LogP contribution >= 0.6 is 11.6 Å². The van der Waals surface area contributed by atoms with Gasteiger partial charge >= 0.3 is 0 Å². The Hall–Kier alpha value is -2.16. The number of benzene rings is 1. The van der Waals surface area contributed by atoms with Crippen molar-refractivity contribution in [2.75, 3.05) is 13.2 Å². The molecule has 0 bridgehead atoms. The molecule has 0 saturated carbocycles. The van der Waals surface area contributed by atoms with Crippen molar-refractivity contribution in [1.82, 2.24) is 5.43 Å². The van der Waals surface area contributed by atoms with Crippen LogP contribution in [-0.2, 0) is 16.1 Å². The van der Waals surface area contributed by atoms with E-state index in [1.807, 2.05) is 5.43 Å². The summed E-state index contributed by atoms with van der Waals surface area (Å²) in [6.07, 6.45) is 3.93. The first-order valence-electron chi connectivity index (χ1n) is 7.75. The van der Waals surface area contributed by atoms with Crippen LogP contribution in [0.2, 0.25) is 0 Å². The highest BCUT2D eigenvalue weighted by atomic mass is 35.5. The van der Waals surface area contributed by atoms with Crippen LogP contribution in [0.1, 0.15) is 24.8 Å². The molecule has 1 heterocycles. The van der Waals surface area contributed by atoms with Gasteiger partial charge in [0, 0.05) is 18.8 Å². The number of allylic oxidation sites excluding steroid dienone is 1. The van der Waals surface area contributed by atoms with Gasteiger partial charge in [-0.1, -0.05) is 29.8 Å². The fourth-order valence-corrected chi connectivity index (χ4v) is 2.03. The summed E-state index contributed by atoms with van der Waals surface area (Å²) in [5.74, 6) is 3.70. The monoisotopic (exact) mass is 371 g/mol. The van der Waals surface area contributed by atoms with Gasteiger partial charge in [0.15, 0.2) is 0 Å². The van der Waals surface area contributed by atoms with Gasteiger partial charge < -0.3 is 16.2 Å². The molecule has 0 unspecified atom stereocenters. The van der Waals surface area contributed by atoms with Crippen molar-refractivity contribution >= 4 is 22.7 Å². The number of nitrogens with two attached hydrogens (primary N) is 3. The van der Waals surface area contributed by atoms with Crippen molar-refractivity contribution < 1.29 is 13.9 Å². The number of nitrogens with zero attached hydrogens (tertiary/aromatic N) is 1. The van der Waals surface area contributed by atoms with E-state index in [1.165, 1.54) is 25.3 Å². The summed E-state index contributed by atoms with van der Waals surface area (Å²) in [6.45, 7) is 1.98. The Bertz CT molecular complexity index is 621. The largest absolute Gasteiger partial charge is 0.394 e. The molecule has 1 aliphatic rings. The lowest BCUT2D eigenvalue weighted by Gasteiger charge is -2.08. The molecule has 0 atom stereocenters. The van der Waals surface area contributed by atoms with Crippen LogP contribution in [0.15, 0.2) is 40.7 Å². The maximum Gasteiger partial charge on any atom is 0.283 e. The topological polar surface area (TPSA) is 129 Å². The lowest BCUT2D eigenvalue weighted by molar-refractivity contribution is -0.117. The second-order valence-electron chi connectivity index (χ2n) is 5.17. The number of hydrogen-bond acceptors (Lipinski definition) is 6. The van der Waals surface area contributed by atoms with Crippen LogP contribution in [0, 0.1) is 5.82 Å². The Kier molecular flexibility index (Phi) is 9.53. The first-order chi connectivity index (χ1) is 12.0. The van der Waals surface area contributed by atoms with E-state index in [2.05, 4.69) is 4.99 Å². The number of carbonyl (C=O) groups is 1. The molecule has 7 N–H and O–H groups in total. The molecule has 1 saturated heterocycles. The molecule has 1 aliphatic heterocycles. The molecule has 0 aromatic heterocycles. The van der Waals surface area contributed by atoms with Gasteiger partial charge in [-0.25, -0.2) is 10.2 Å². The molecule has 0 radical (unpaired) electrons. The van der Waals surface area contributed by atoms with E-state index in [9.17, 15) is 9.18 Å². The van der Waals surface area contributed by atoms with Gasteiger partial charge in [-0.15, -0.1) is 0 Å². The zero-order valence-corrected chi connectivity index (χ0v) is 14.6. The molecule has 2 rings (SSSR count). The van der Waals surface area contributed by atoms with Crippen molar-refractivity contribution in [2.24, 2.45) is 22.3 Å². The standard InChI is InChI=1S/C11H13ClFN5O.C5H10O/c12-10(8(14)9(15)11(19)18-16)17-5-6-3-1-2-4-7(6)13;1-2-4-6-5-3-1/h1-4H,5,14-16H2,(H,18,19);1-5H2/b9-8+,17-10?;. The number of aliphatic imine (C=N–C) groups is 1. The predicted octanol–water partition coefficient (Wildman–Crippen LogP) is 1.27. The molecular formula is C16H23ClFN5O2. The number of rotatable bonds is 4. The van der Waals surface area contributed by atoms with Gasteiger partial charge in [0.2, 0.25) is 0 Å². The van der Waals surface area contributed by atoms with Crippen molar-refractivity contribution in [3.63, 3.8) is 0 Å². The zero-order chi connectivity index (χ0) is 18.7. The van der Waals surface area contributed by atoms with E-state index in [-0.39, 0.29) is 23.1 Å². The Morgan fingerprint density at radius 2 is 1.84 bits per heavy atom. The number of amides is 1. The Balaban J connectivity index is 0.000000435. The number of halogens is 2. The molecule has 1 amide bonds. The van der Waals surface area contributed by atoms with Crippen molar-refractivity contribution in [1.29, 1.82) is 0 Å². The van der Waals surface area contributed by atoms with E-state index in [1.54, 1.807) is 18.2 Å². The first-order valence-corrected chi connectivity index (χ1v) is 8.12. The quantitative estimate of drug-likeness (QED) is 0.208. The number of carbonyl (C=O) groups excluding carboxylic acids is 1. The van der Waals surface area contributed by atoms with E-state index < -0.39 is 11.7 Å². The predicted molar refractivity (Wildman–Crippen MR) is 95.8 cm³/mol. The van der Waals surface area contributed by atoms with Crippen LogP contribution in [0.5, 0.6) is 0 Å². The fraction of sp³-hybridized carbons (Fsp3) is 0.375. The van der Waals surface area contributed by atoms with Gasteiger partial charge in [-0.05, 0) is 25.3 Å². The third kappa shape index (κ3) is 7.51. The molecular weight excluding hydrogens is 349 g/mol. The van der Waals surface area contributed by atoms with Crippen LogP contribution in [0.4, 0.5) is 4.39 Å². The van der Waals surface area contributed by atoms with Gasteiger partial charge in [0.05, 0.1) is 12.2 Å². The Labute approximate surface area is 151 Å². The van der Waals surface area contributed by atoms with Crippen LogP contribution in [0.3, 0.4) is 0 Å². The maximum atomic E-state index is 13.3. The highest BCUT2D eigenvalue weighted by Gasteiger charge is 2.11. The second-order valence-corrected chi connectivity index (χ2v) is 5.53. The summed E-state index contributed by atoms with van der Waals surface area (Å²) in [4.78, 5) is 15.0. The molecule has 1 fully saturated rings. The molecule has 1 aromatic rings. The minimum Gasteiger partial charge on any atom is -0.394 e. The Morgan fingerprint density at radius 3 is 2.32 bits per heavy atom. The van der Waals surface area contributed by atoms with Crippen LogP contribution < -0.4 is 22.7 Å². The van der Waals surface area contributed by atoms with E-state index >= 15 is 0 Å². The molecule has 9 heteroatoms. The van der Waals surface area contributed by atoms with Crippen molar-refractivity contribution in [3.05, 3.63) is 47.0 Å². The number of ether oxygens (including phenoxy) is 1. The summed E-state index contributed by atoms with van der Waals surface area (Å²) >= 11 is 5.77. The Morgan fingerprint density at radius 1 is 1.20 bits per heavy atom.